The molecule has 1 atom stereocenters. The van der Waals surface area contributed by atoms with Gasteiger partial charge in [0, 0.05) is 6.42 Å². The fraction of sp³-hybridized carbons (Fsp3) is 0.263. The maximum Gasteiger partial charge on any atom is 0.326 e. The van der Waals surface area contributed by atoms with E-state index in [9.17, 15) is 14.7 Å². The monoisotopic (exact) mass is 343 g/mol. The molecule has 2 N–H and O–H groups in total. The van der Waals surface area contributed by atoms with E-state index in [1.807, 2.05) is 30.3 Å². The number of carboxylic acid groups (broad SMARTS) is 1. The number of amides is 1. The van der Waals surface area contributed by atoms with Crippen molar-refractivity contribution in [3.8, 4) is 11.5 Å². The van der Waals surface area contributed by atoms with E-state index in [0.29, 0.717) is 17.1 Å². The molecule has 2 aromatic carbocycles. The summed E-state index contributed by atoms with van der Waals surface area (Å²) in [6.45, 7) is 0. The molecule has 0 heterocycles. The minimum atomic E-state index is -1.07. The summed E-state index contributed by atoms with van der Waals surface area (Å²) in [5, 5.41) is 11.9. The highest BCUT2D eigenvalue weighted by molar-refractivity contribution is 5.85. The number of benzene rings is 2. The number of carbonyl (C=O) groups is 2. The summed E-state index contributed by atoms with van der Waals surface area (Å²) < 4.78 is 10.4. The molecule has 0 spiro atoms. The number of methoxy groups -OCH3 is 2. The molecule has 2 rings (SSSR count). The highest BCUT2D eigenvalue weighted by atomic mass is 16.5. The van der Waals surface area contributed by atoms with Crippen LogP contribution in [0.3, 0.4) is 0 Å². The van der Waals surface area contributed by atoms with E-state index in [4.69, 9.17) is 9.47 Å². The van der Waals surface area contributed by atoms with Gasteiger partial charge >= 0.3 is 5.97 Å². The molecule has 0 aromatic heterocycles. The number of nitrogens with one attached hydrogen (secondary N) is 1. The van der Waals surface area contributed by atoms with Crippen LogP contribution in [0.4, 0.5) is 0 Å². The number of hydrogen-bond donors (Lipinski definition) is 2. The van der Waals surface area contributed by atoms with Gasteiger partial charge in [0.1, 0.15) is 6.04 Å². The van der Waals surface area contributed by atoms with Crippen molar-refractivity contribution in [3.05, 3.63) is 59.7 Å². The number of carboxylic acids is 1. The minimum Gasteiger partial charge on any atom is -0.493 e. The number of hydrogen-bond acceptors (Lipinski definition) is 4. The molecule has 1 amide bonds. The van der Waals surface area contributed by atoms with Crippen molar-refractivity contribution in [3.63, 3.8) is 0 Å². The van der Waals surface area contributed by atoms with Crippen LogP contribution in [0.5, 0.6) is 11.5 Å². The maximum absolute atomic E-state index is 12.2. The number of rotatable bonds is 8. The van der Waals surface area contributed by atoms with Crippen LogP contribution in [0.15, 0.2) is 48.5 Å². The first-order chi connectivity index (χ1) is 12.0. The Morgan fingerprint density at radius 3 is 2.28 bits per heavy atom. The molecule has 0 unspecified atom stereocenters. The predicted octanol–water partition coefficient (Wildman–Crippen LogP) is 2.06. The lowest BCUT2D eigenvalue weighted by atomic mass is 10.1. The van der Waals surface area contributed by atoms with Gasteiger partial charge in [0.15, 0.2) is 11.5 Å². The number of carbonyl (C=O) groups excluding carboxylic acids is 1. The van der Waals surface area contributed by atoms with Crippen LogP contribution in [-0.2, 0) is 22.4 Å². The molecule has 6 nitrogen and oxygen atoms in total. The Hall–Kier alpha value is -3.02. The van der Waals surface area contributed by atoms with E-state index in [-0.39, 0.29) is 18.7 Å². The first kappa shape index (κ1) is 18.3. The van der Waals surface area contributed by atoms with Gasteiger partial charge in [-0.2, -0.15) is 0 Å². The van der Waals surface area contributed by atoms with E-state index in [1.54, 1.807) is 18.2 Å². The van der Waals surface area contributed by atoms with E-state index >= 15 is 0 Å². The minimum absolute atomic E-state index is 0.0545. The molecule has 0 radical (unpaired) electrons. The molecule has 0 aliphatic heterocycles. The van der Waals surface area contributed by atoms with Crippen molar-refractivity contribution in [2.24, 2.45) is 0 Å². The van der Waals surface area contributed by atoms with E-state index in [2.05, 4.69) is 5.32 Å². The van der Waals surface area contributed by atoms with Crippen LogP contribution in [0.2, 0.25) is 0 Å². The average molecular weight is 343 g/mol. The van der Waals surface area contributed by atoms with Crippen molar-refractivity contribution in [2.45, 2.75) is 18.9 Å². The van der Waals surface area contributed by atoms with Crippen molar-refractivity contribution >= 4 is 11.9 Å². The Kier molecular flexibility index (Phi) is 6.39. The summed E-state index contributed by atoms with van der Waals surface area (Å²) >= 11 is 0. The van der Waals surface area contributed by atoms with E-state index in [1.165, 1.54) is 14.2 Å². The number of ether oxygens (including phenoxy) is 2. The summed E-state index contributed by atoms with van der Waals surface area (Å²) in [7, 11) is 3.05. The lowest BCUT2D eigenvalue weighted by molar-refractivity contribution is -0.141. The molecule has 25 heavy (non-hydrogen) atoms. The van der Waals surface area contributed by atoms with Crippen LogP contribution in [-0.4, -0.2) is 37.2 Å². The maximum atomic E-state index is 12.2. The quantitative estimate of drug-likeness (QED) is 0.766. The van der Waals surface area contributed by atoms with Crippen LogP contribution >= 0.6 is 0 Å². The van der Waals surface area contributed by atoms with Crippen LogP contribution in [0.25, 0.3) is 0 Å². The first-order valence-electron chi connectivity index (χ1n) is 7.80. The van der Waals surface area contributed by atoms with Crippen LogP contribution in [0.1, 0.15) is 11.1 Å². The molecular formula is C19H21NO5. The van der Waals surface area contributed by atoms with E-state index < -0.39 is 12.0 Å². The number of aliphatic carboxylic acids is 1. The Balaban J connectivity index is 2.03. The van der Waals surface area contributed by atoms with Gasteiger partial charge in [-0.05, 0) is 23.3 Å². The third kappa shape index (κ3) is 5.24. The zero-order valence-corrected chi connectivity index (χ0v) is 14.2. The van der Waals surface area contributed by atoms with E-state index in [0.717, 1.165) is 5.56 Å². The van der Waals surface area contributed by atoms with Crippen molar-refractivity contribution < 1.29 is 24.2 Å². The van der Waals surface area contributed by atoms with Gasteiger partial charge in [0.05, 0.1) is 20.6 Å². The second kappa shape index (κ2) is 8.73. The molecule has 132 valence electrons. The van der Waals surface area contributed by atoms with Gasteiger partial charge in [0.2, 0.25) is 5.91 Å². The van der Waals surface area contributed by atoms with Crippen molar-refractivity contribution in [2.75, 3.05) is 14.2 Å². The summed E-state index contributed by atoms with van der Waals surface area (Å²) in [6.07, 6.45) is 0.284. The van der Waals surface area contributed by atoms with Gasteiger partial charge in [-0.15, -0.1) is 0 Å². The lowest BCUT2D eigenvalue weighted by Crippen LogP contribution is -2.43. The summed E-state index contributed by atoms with van der Waals surface area (Å²) in [4.78, 5) is 23.6. The Bertz CT molecular complexity index is 730. The Morgan fingerprint density at radius 1 is 1.00 bits per heavy atom. The topological polar surface area (TPSA) is 84.9 Å². The van der Waals surface area contributed by atoms with Crippen LogP contribution < -0.4 is 14.8 Å². The zero-order chi connectivity index (χ0) is 18.2. The SMILES string of the molecule is COc1ccc(CC(=O)N[C@@H](Cc2ccccc2)C(=O)O)cc1OC. The lowest BCUT2D eigenvalue weighted by Gasteiger charge is -2.15. The predicted molar refractivity (Wildman–Crippen MR) is 93.0 cm³/mol. The third-order valence-electron chi connectivity index (χ3n) is 3.73. The molecule has 0 saturated carbocycles. The van der Waals surface area contributed by atoms with Gasteiger partial charge in [-0.25, -0.2) is 4.79 Å². The van der Waals surface area contributed by atoms with Gasteiger partial charge in [-0.1, -0.05) is 36.4 Å². The van der Waals surface area contributed by atoms with Gasteiger partial charge in [0.25, 0.3) is 0 Å². The normalized spacial score (nSPS) is 11.4. The fourth-order valence-electron chi connectivity index (χ4n) is 2.47. The smallest absolute Gasteiger partial charge is 0.326 e. The fourth-order valence-corrected chi connectivity index (χ4v) is 2.47. The summed E-state index contributed by atoms with van der Waals surface area (Å²) in [5.74, 6) is -0.342. The zero-order valence-electron chi connectivity index (χ0n) is 14.2. The second-order valence-electron chi connectivity index (χ2n) is 5.51. The Morgan fingerprint density at radius 2 is 1.68 bits per heavy atom. The Labute approximate surface area is 146 Å². The third-order valence-corrected chi connectivity index (χ3v) is 3.73. The van der Waals surface area contributed by atoms with Gasteiger partial charge < -0.3 is 19.9 Å². The second-order valence-corrected chi connectivity index (χ2v) is 5.51. The highest BCUT2D eigenvalue weighted by Crippen LogP contribution is 2.27. The largest absolute Gasteiger partial charge is 0.493 e. The molecule has 0 fully saturated rings. The molecule has 0 aliphatic carbocycles. The van der Waals surface area contributed by atoms with Crippen LogP contribution in [0, 0.1) is 0 Å². The summed E-state index contributed by atoms with van der Waals surface area (Å²) in [6, 6.07) is 13.4. The molecular weight excluding hydrogens is 322 g/mol. The molecule has 0 saturated heterocycles. The molecule has 2 aromatic rings. The molecule has 0 bridgehead atoms. The highest BCUT2D eigenvalue weighted by Gasteiger charge is 2.20. The standard InChI is InChI=1S/C19H21NO5/c1-24-16-9-8-14(11-17(16)25-2)12-18(21)20-15(19(22)23)10-13-6-4-3-5-7-13/h3-9,11,15H,10,12H2,1-2H3,(H,20,21)(H,22,23)/t15-/m0/s1. The first-order valence-corrected chi connectivity index (χ1v) is 7.80. The molecule has 0 aliphatic rings. The summed E-state index contributed by atoms with van der Waals surface area (Å²) in [5.41, 5.74) is 1.56. The average Bonchev–Trinajstić information content (AvgIpc) is 2.61. The van der Waals surface area contributed by atoms with Crippen molar-refractivity contribution in [1.82, 2.24) is 5.32 Å². The molecule has 6 heteroatoms. The van der Waals surface area contributed by atoms with Crippen molar-refractivity contribution in [1.29, 1.82) is 0 Å². The van der Waals surface area contributed by atoms with Gasteiger partial charge in [-0.3, -0.25) is 4.79 Å².